The van der Waals surface area contributed by atoms with Gasteiger partial charge in [-0.3, -0.25) is 10.1 Å². The largest absolute Gasteiger partial charge is 0.497 e. The van der Waals surface area contributed by atoms with E-state index in [1.54, 1.807) is 11.8 Å². The quantitative estimate of drug-likeness (QED) is 0.647. The zero-order valence-corrected chi connectivity index (χ0v) is 12.8. The standard InChI is InChI=1S/C15H21N5O/c1-10-13(14(16)17)15(20(3)18-10)19(2)9-11-5-7-12(21-4)8-6-11/h5-8H,9H2,1-4H3,(H3,16,17). The molecule has 1 aromatic heterocycles. The molecule has 0 bridgehead atoms. The fourth-order valence-corrected chi connectivity index (χ4v) is 2.48. The number of benzene rings is 1. The zero-order chi connectivity index (χ0) is 15.6. The van der Waals surface area contributed by atoms with Gasteiger partial charge in [0.2, 0.25) is 0 Å². The van der Waals surface area contributed by atoms with E-state index in [1.807, 2.05) is 50.2 Å². The summed E-state index contributed by atoms with van der Waals surface area (Å²) in [6, 6.07) is 7.91. The highest BCUT2D eigenvalue weighted by atomic mass is 16.5. The van der Waals surface area contributed by atoms with Gasteiger partial charge in [0.15, 0.2) is 0 Å². The van der Waals surface area contributed by atoms with E-state index in [2.05, 4.69) is 5.10 Å². The lowest BCUT2D eigenvalue weighted by atomic mass is 10.2. The molecule has 0 saturated heterocycles. The van der Waals surface area contributed by atoms with Crippen molar-refractivity contribution in [2.75, 3.05) is 19.1 Å². The van der Waals surface area contributed by atoms with E-state index < -0.39 is 0 Å². The third kappa shape index (κ3) is 2.99. The molecule has 2 rings (SSSR count). The molecule has 0 aliphatic carbocycles. The van der Waals surface area contributed by atoms with Crippen molar-refractivity contribution in [1.29, 1.82) is 5.41 Å². The van der Waals surface area contributed by atoms with E-state index >= 15 is 0 Å². The lowest BCUT2D eigenvalue weighted by molar-refractivity contribution is 0.414. The summed E-state index contributed by atoms with van der Waals surface area (Å²) in [4.78, 5) is 2.04. The van der Waals surface area contributed by atoms with Crippen molar-refractivity contribution in [3.05, 3.63) is 41.1 Å². The summed E-state index contributed by atoms with van der Waals surface area (Å²) >= 11 is 0. The van der Waals surface area contributed by atoms with Gasteiger partial charge in [0.1, 0.15) is 17.4 Å². The number of methoxy groups -OCH3 is 1. The van der Waals surface area contributed by atoms with Gasteiger partial charge in [0, 0.05) is 20.6 Å². The minimum atomic E-state index is 0.0391. The van der Waals surface area contributed by atoms with Crippen molar-refractivity contribution in [1.82, 2.24) is 9.78 Å². The van der Waals surface area contributed by atoms with Gasteiger partial charge < -0.3 is 15.4 Å². The third-order valence-corrected chi connectivity index (χ3v) is 3.40. The van der Waals surface area contributed by atoms with Crippen molar-refractivity contribution in [3.63, 3.8) is 0 Å². The molecule has 0 aliphatic rings. The Morgan fingerprint density at radius 3 is 2.52 bits per heavy atom. The number of aromatic nitrogens is 2. The molecule has 1 heterocycles. The maximum Gasteiger partial charge on any atom is 0.137 e. The maximum atomic E-state index is 7.74. The van der Waals surface area contributed by atoms with Crippen molar-refractivity contribution < 1.29 is 4.74 Å². The van der Waals surface area contributed by atoms with Crippen LogP contribution < -0.4 is 15.4 Å². The molecular weight excluding hydrogens is 266 g/mol. The number of aryl methyl sites for hydroxylation is 2. The molecule has 6 nitrogen and oxygen atoms in total. The van der Waals surface area contributed by atoms with Crippen LogP contribution in [0.25, 0.3) is 0 Å². The average Bonchev–Trinajstić information content (AvgIpc) is 2.74. The van der Waals surface area contributed by atoms with Crippen LogP contribution >= 0.6 is 0 Å². The van der Waals surface area contributed by atoms with Gasteiger partial charge in [-0.05, 0) is 24.6 Å². The van der Waals surface area contributed by atoms with Gasteiger partial charge >= 0.3 is 0 Å². The van der Waals surface area contributed by atoms with Crippen molar-refractivity contribution in [2.24, 2.45) is 12.8 Å². The first-order chi connectivity index (χ1) is 9.93. The Balaban J connectivity index is 2.27. The second-order valence-electron chi connectivity index (χ2n) is 5.03. The number of nitrogens with two attached hydrogens (primary N) is 1. The summed E-state index contributed by atoms with van der Waals surface area (Å²) in [5.74, 6) is 1.72. The first-order valence-corrected chi connectivity index (χ1v) is 6.66. The molecule has 1 aromatic carbocycles. The van der Waals surface area contributed by atoms with Gasteiger partial charge in [-0.15, -0.1) is 0 Å². The van der Waals surface area contributed by atoms with E-state index in [9.17, 15) is 0 Å². The molecular formula is C15H21N5O. The van der Waals surface area contributed by atoms with Crippen LogP contribution in [0.1, 0.15) is 16.8 Å². The van der Waals surface area contributed by atoms with E-state index in [0.29, 0.717) is 12.1 Å². The molecule has 21 heavy (non-hydrogen) atoms. The molecule has 112 valence electrons. The highest BCUT2D eigenvalue weighted by molar-refractivity contribution is 6.00. The summed E-state index contributed by atoms with van der Waals surface area (Å²) in [6.07, 6.45) is 0. The molecule has 0 saturated carbocycles. The van der Waals surface area contributed by atoms with Gasteiger partial charge in [0.25, 0.3) is 0 Å². The Labute approximate surface area is 124 Å². The minimum absolute atomic E-state index is 0.0391. The van der Waals surface area contributed by atoms with Crippen LogP contribution in [-0.4, -0.2) is 29.8 Å². The smallest absolute Gasteiger partial charge is 0.137 e. The molecule has 0 atom stereocenters. The Bertz CT molecular complexity index is 645. The summed E-state index contributed by atoms with van der Waals surface area (Å²) in [5.41, 5.74) is 8.28. The average molecular weight is 287 g/mol. The van der Waals surface area contributed by atoms with E-state index in [0.717, 1.165) is 22.8 Å². The Morgan fingerprint density at radius 2 is 2.00 bits per heavy atom. The number of rotatable bonds is 5. The van der Waals surface area contributed by atoms with E-state index in [1.165, 1.54) is 0 Å². The summed E-state index contributed by atoms with van der Waals surface area (Å²) in [6.45, 7) is 2.56. The Kier molecular flexibility index (Phi) is 4.16. The molecule has 0 unspecified atom stereocenters. The number of nitrogen functional groups attached to an aromatic ring is 1. The summed E-state index contributed by atoms with van der Waals surface area (Å²) in [5, 5.41) is 12.1. The van der Waals surface area contributed by atoms with Crippen molar-refractivity contribution in [2.45, 2.75) is 13.5 Å². The number of amidine groups is 1. The molecule has 2 aromatic rings. The highest BCUT2D eigenvalue weighted by Crippen LogP contribution is 2.23. The van der Waals surface area contributed by atoms with Crippen LogP contribution in [0.2, 0.25) is 0 Å². The lowest BCUT2D eigenvalue weighted by Gasteiger charge is -2.21. The number of ether oxygens (including phenoxy) is 1. The first-order valence-electron chi connectivity index (χ1n) is 6.66. The van der Waals surface area contributed by atoms with Crippen molar-refractivity contribution >= 4 is 11.7 Å². The Morgan fingerprint density at radius 1 is 1.38 bits per heavy atom. The van der Waals surface area contributed by atoms with Crippen molar-refractivity contribution in [3.8, 4) is 5.75 Å². The summed E-state index contributed by atoms with van der Waals surface area (Å²) in [7, 11) is 5.48. The van der Waals surface area contributed by atoms with Crippen LogP contribution in [0.15, 0.2) is 24.3 Å². The van der Waals surface area contributed by atoms with Gasteiger partial charge in [-0.1, -0.05) is 12.1 Å². The Hall–Kier alpha value is -2.50. The van der Waals surface area contributed by atoms with Crippen LogP contribution in [0.4, 0.5) is 5.82 Å². The number of hydrogen-bond acceptors (Lipinski definition) is 4. The normalized spacial score (nSPS) is 10.5. The fraction of sp³-hybridized carbons (Fsp3) is 0.333. The third-order valence-electron chi connectivity index (χ3n) is 3.40. The van der Waals surface area contributed by atoms with Gasteiger partial charge in [-0.25, -0.2) is 0 Å². The van der Waals surface area contributed by atoms with Gasteiger partial charge in [0.05, 0.1) is 18.4 Å². The summed E-state index contributed by atoms with van der Waals surface area (Å²) < 4.78 is 6.92. The highest BCUT2D eigenvalue weighted by Gasteiger charge is 2.19. The molecule has 0 fully saturated rings. The van der Waals surface area contributed by atoms with Crippen LogP contribution in [0.5, 0.6) is 5.75 Å². The molecule has 6 heteroatoms. The molecule has 0 amide bonds. The minimum Gasteiger partial charge on any atom is -0.497 e. The maximum absolute atomic E-state index is 7.74. The topological polar surface area (TPSA) is 80.2 Å². The number of nitrogens with one attached hydrogen (secondary N) is 1. The molecule has 3 N–H and O–H groups in total. The first kappa shape index (κ1) is 14.9. The second-order valence-corrected chi connectivity index (χ2v) is 5.03. The van der Waals surface area contributed by atoms with E-state index in [-0.39, 0.29) is 5.84 Å². The molecule has 0 spiro atoms. The molecule has 0 aliphatic heterocycles. The molecule has 0 radical (unpaired) electrons. The SMILES string of the molecule is COc1ccc(CN(C)c2c(C(=N)N)c(C)nn2C)cc1. The van der Waals surface area contributed by atoms with E-state index in [4.69, 9.17) is 15.9 Å². The second kappa shape index (κ2) is 5.87. The number of anilines is 1. The zero-order valence-electron chi connectivity index (χ0n) is 12.8. The number of nitrogens with zero attached hydrogens (tertiary/aromatic N) is 3. The van der Waals surface area contributed by atoms with Gasteiger partial charge in [-0.2, -0.15) is 5.10 Å². The fourth-order valence-electron chi connectivity index (χ4n) is 2.48. The predicted molar refractivity (Wildman–Crippen MR) is 84.1 cm³/mol. The predicted octanol–water partition coefficient (Wildman–Crippen LogP) is 1.66. The monoisotopic (exact) mass is 287 g/mol. The van der Waals surface area contributed by atoms with Crippen LogP contribution in [0, 0.1) is 12.3 Å². The van der Waals surface area contributed by atoms with Crippen LogP contribution in [-0.2, 0) is 13.6 Å². The van der Waals surface area contributed by atoms with Crippen LogP contribution in [0.3, 0.4) is 0 Å². The lowest BCUT2D eigenvalue weighted by Crippen LogP contribution is -2.23. The number of hydrogen-bond donors (Lipinski definition) is 2.